The number of carboxylic acid groups (broad SMARTS) is 1. The summed E-state index contributed by atoms with van der Waals surface area (Å²) in [6.45, 7) is 5.70. The quantitative estimate of drug-likeness (QED) is 0.741. The van der Waals surface area contributed by atoms with Crippen LogP contribution in [0.15, 0.2) is 0 Å². The van der Waals surface area contributed by atoms with Crippen LogP contribution in [0.4, 0.5) is 0 Å². The molecule has 0 spiro atoms. The van der Waals surface area contributed by atoms with E-state index >= 15 is 0 Å². The van der Waals surface area contributed by atoms with E-state index in [0.29, 0.717) is 0 Å². The molecule has 0 aromatic heterocycles. The van der Waals surface area contributed by atoms with Gasteiger partial charge in [-0.1, -0.05) is 20.3 Å². The van der Waals surface area contributed by atoms with E-state index in [0.717, 1.165) is 32.4 Å². The molecule has 94 valence electrons. The number of nitrogens with one attached hydrogen (secondary N) is 1. The maximum absolute atomic E-state index is 11.5. The first kappa shape index (κ1) is 13.5. The van der Waals surface area contributed by atoms with E-state index in [-0.39, 0.29) is 5.41 Å². The second kappa shape index (κ2) is 4.72. The molecular weight excluding hydrogens is 204 g/mol. The lowest BCUT2D eigenvalue weighted by Crippen LogP contribution is -2.59. The number of carbonyl (C=O) groups is 1. The van der Waals surface area contributed by atoms with Crippen molar-refractivity contribution in [2.24, 2.45) is 5.41 Å². The number of likely N-dealkylation sites (N-methyl/N-ethyl adjacent to an activating group) is 1. The highest BCUT2D eigenvalue weighted by molar-refractivity contribution is 5.80. The smallest absolute Gasteiger partial charge is 0.324 e. The Bertz CT molecular complexity index is 264. The molecule has 0 aliphatic heterocycles. The molecule has 4 heteroatoms. The highest BCUT2D eigenvalue weighted by atomic mass is 16.4. The SMILES string of the molecule is CN(C)CCNC1(C(=O)O)CCCC1(C)C. The van der Waals surface area contributed by atoms with Gasteiger partial charge in [0.15, 0.2) is 0 Å². The zero-order valence-corrected chi connectivity index (χ0v) is 10.8. The lowest BCUT2D eigenvalue weighted by molar-refractivity contribution is -0.149. The summed E-state index contributed by atoms with van der Waals surface area (Å²) in [6.07, 6.45) is 2.71. The number of rotatable bonds is 5. The fourth-order valence-electron chi connectivity index (χ4n) is 2.64. The third-order valence-electron chi connectivity index (χ3n) is 3.86. The van der Waals surface area contributed by atoms with Gasteiger partial charge in [0, 0.05) is 13.1 Å². The van der Waals surface area contributed by atoms with Crippen molar-refractivity contribution in [1.82, 2.24) is 10.2 Å². The van der Waals surface area contributed by atoms with Crippen molar-refractivity contribution >= 4 is 5.97 Å². The molecule has 0 aromatic rings. The van der Waals surface area contributed by atoms with Crippen molar-refractivity contribution in [3.63, 3.8) is 0 Å². The van der Waals surface area contributed by atoms with Crippen LogP contribution in [0.2, 0.25) is 0 Å². The Morgan fingerprint density at radius 1 is 1.38 bits per heavy atom. The summed E-state index contributed by atoms with van der Waals surface area (Å²) in [4.78, 5) is 13.6. The third-order valence-corrected chi connectivity index (χ3v) is 3.86. The summed E-state index contributed by atoms with van der Waals surface area (Å²) >= 11 is 0. The fourth-order valence-corrected chi connectivity index (χ4v) is 2.64. The van der Waals surface area contributed by atoms with Gasteiger partial charge in [0.25, 0.3) is 0 Å². The number of nitrogens with zero attached hydrogens (tertiary/aromatic N) is 1. The molecule has 0 saturated heterocycles. The van der Waals surface area contributed by atoms with Crippen molar-refractivity contribution in [3.8, 4) is 0 Å². The van der Waals surface area contributed by atoms with Gasteiger partial charge in [0.1, 0.15) is 5.54 Å². The second-order valence-corrected chi connectivity index (χ2v) is 5.68. The van der Waals surface area contributed by atoms with Crippen LogP contribution in [0, 0.1) is 5.41 Å². The van der Waals surface area contributed by atoms with E-state index in [2.05, 4.69) is 24.1 Å². The third kappa shape index (κ3) is 2.38. The summed E-state index contributed by atoms with van der Waals surface area (Å²) in [7, 11) is 3.99. The normalized spacial score (nSPS) is 28.6. The lowest BCUT2D eigenvalue weighted by atomic mass is 9.75. The maximum Gasteiger partial charge on any atom is 0.324 e. The first-order chi connectivity index (χ1) is 7.32. The van der Waals surface area contributed by atoms with E-state index in [4.69, 9.17) is 0 Å². The Labute approximate surface area is 98.0 Å². The van der Waals surface area contributed by atoms with Gasteiger partial charge < -0.3 is 15.3 Å². The van der Waals surface area contributed by atoms with Gasteiger partial charge >= 0.3 is 5.97 Å². The average Bonchev–Trinajstić information content (AvgIpc) is 2.42. The van der Waals surface area contributed by atoms with E-state index in [1.54, 1.807) is 0 Å². The van der Waals surface area contributed by atoms with Gasteiger partial charge in [-0.25, -0.2) is 0 Å². The molecule has 1 aliphatic carbocycles. The van der Waals surface area contributed by atoms with Crippen LogP contribution >= 0.6 is 0 Å². The zero-order chi connectivity index (χ0) is 12.4. The molecule has 1 atom stereocenters. The number of aliphatic carboxylic acids is 1. The second-order valence-electron chi connectivity index (χ2n) is 5.68. The van der Waals surface area contributed by atoms with Crippen LogP contribution in [-0.2, 0) is 4.79 Å². The van der Waals surface area contributed by atoms with E-state index in [1.807, 2.05) is 14.1 Å². The summed E-state index contributed by atoms with van der Waals surface area (Å²) in [5.74, 6) is -0.700. The average molecular weight is 228 g/mol. The predicted octanol–water partition coefficient (Wildman–Crippen LogP) is 1.17. The number of hydrogen-bond donors (Lipinski definition) is 2. The van der Waals surface area contributed by atoms with Crippen molar-refractivity contribution in [3.05, 3.63) is 0 Å². The van der Waals surface area contributed by atoms with E-state index < -0.39 is 11.5 Å². The number of carboxylic acids is 1. The molecule has 16 heavy (non-hydrogen) atoms. The van der Waals surface area contributed by atoms with Gasteiger partial charge in [0.2, 0.25) is 0 Å². The highest BCUT2D eigenvalue weighted by Gasteiger charge is 2.54. The topological polar surface area (TPSA) is 52.6 Å². The Kier molecular flexibility index (Phi) is 3.97. The van der Waals surface area contributed by atoms with E-state index in [1.165, 1.54) is 0 Å². The summed E-state index contributed by atoms with van der Waals surface area (Å²) in [5.41, 5.74) is -0.895. The molecule has 0 bridgehead atoms. The molecule has 2 N–H and O–H groups in total. The first-order valence-corrected chi connectivity index (χ1v) is 5.95. The molecular formula is C12H24N2O2. The molecule has 0 heterocycles. The summed E-state index contributed by atoms with van der Waals surface area (Å²) in [6, 6.07) is 0. The predicted molar refractivity (Wildman–Crippen MR) is 64.6 cm³/mol. The Morgan fingerprint density at radius 2 is 2.00 bits per heavy atom. The van der Waals surface area contributed by atoms with Crippen molar-refractivity contribution < 1.29 is 9.90 Å². The Morgan fingerprint density at radius 3 is 2.38 bits per heavy atom. The van der Waals surface area contributed by atoms with Gasteiger partial charge in [0.05, 0.1) is 0 Å². The standard InChI is InChI=1S/C12H24N2O2/c1-11(2)6-5-7-12(11,10(15)16)13-8-9-14(3)4/h13H,5-9H2,1-4H3,(H,15,16). The van der Waals surface area contributed by atoms with Crippen LogP contribution in [-0.4, -0.2) is 48.7 Å². The molecule has 0 amide bonds. The summed E-state index contributed by atoms with van der Waals surface area (Å²) < 4.78 is 0. The number of hydrogen-bond acceptors (Lipinski definition) is 3. The minimum absolute atomic E-state index is 0.162. The molecule has 4 nitrogen and oxygen atoms in total. The monoisotopic (exact) mass is 228 g/mol. The van der Waals surface area contributed by atoms with Gasteiger partial charge in [-0.15, -0.1) is 0 Å². The fraction of sp³-hybridized carbons (Fsp3) is 0.917. The lowest BCUT2D eigenvalue weighted by Gasteiger charge is -2.39. The maximum atomic E-state index is 11.5. The van der Waals surface area contributed by atoms with Crippen molar-refractivity contribution in [2.75, 3.05) is 27.2 Å². The molecule has 0 aromatic carbocycles. The molecule has 0 radical (unpaired) electrons. The van der Waals surface area contributed by atoms with Crippen molar-refractivity contribution in [1.29, 1.82) is 0 Å². The minimum atomic E-state index is -0.733. The summed E-state index contributed by atoms with van der Waals surface area (Å²) in [5, 5.41) is 12.8. The van der Waals surface area contributed by atoms with Crippen LogP contribution in [0.5, 0.6) is 0 Å². The van der Waals surface area contributed by atoms with Crippen molar-refractivity contribution in [2.45, 2.75) is 38.6 Å². The van der Waals surface area contributed by atoms with Gasteiger partial charge in [-0.3, -0.25) is 4.79 Å². The minimum Gasteiger partial charge on any atom is -0.480 e. The Hall–Kier alpha value is -0.610. The molecule has 1 unspecified atom stereocenters. The molecule has 1 saturated carbocycles. The largest absolute Gasteiger partial charge is 0.480 e. The molecule has 1 fully saturated rings. The van der Waals surface area contributed by atoms with Gasteiger partial charge in [-0.2, -0.15) is 0 Å². The van der Waals surface area contributed by atoms with Crippen LogP contribution in [0.3, 0.4) is 0 Å². The van der Waals surface area contributed by atoms with Crippen LogP contribution in [0.25, 0.3) is 0 Å². The molecule has 1 aliphatic rings. The van der Waals surface area contributed by atoms with Crippen LogP contribution < -0.4 is 5.32 Å². The highest BCUT2D eigenvalue weighted by Crippen LogP contribution is 2.46. The first-order valence-electron chi connectivity index (χ1n) is 5.95. The van der Waals surface area contributed by atoms with Crippen LogP contribution in [0.1, 0.15) is 33.1 Å². The zero-order valence-electron chi connectivity index (χ0n) is 10.8. The molecule has 1 rings (SSSR count). The van der Waals surface area contributed by atoms with Gasteiger partial charge in [-0.05, 0) is 32.4 Å². The van der Waals surface area contributed by atoms with E-state index in [9.17, 15) is 9.90 Å². The Balaban J connectivity index is 2.71.